The molecule has 0 aliphatic carbocycles. The molecule has 0 saturated carbocycles. The first-order chi connectivity index (χ1) is 10.3. The van der Waals surface area contributed by atoms with Crippen LogP contribution >= 0.6 is 11.3 Å². The van der Waals surface area contributed by atoms with Gasteiger partial charge in [0.25, 0.3) is 0 Å². The van der Waals surface area contributed by atoms with Crippen molar-refractivity contribution in [3.63, 3.8) is 0 Å². The van der Waals surface area contributed by atoms with Gasteiger partial charge in [0.1, 0.15) is 5.69 Å². The molecule has 0 unspecified atom stereocenters. The van der Waals surface area contributed by atoms with Crippen LogP contribution in [0.15, 0.2) is 53.9 Å². The van der Waals surface area contributed by atoms with Crippen LogP contribution in [0.2, 0.25) is 0 Å². The Morgan fingerprint density at radius 1 is 1.05 bits per heavy atom. The molecule has 0 aliphatic heterocycles. The first kappa shape index (κ1) is 13.6. The summed E-state index contributed by atoms with van der Waals surface area (Å²) in [5.41, 5.74) is 4.51. The van der Waals surface area contributed by atoms with Crippen molar-refractivity contribution >= 4 is 22.2 Å². The second kappa shape index (κ2) is 5.97. The SMILES string of the molecule is COc1ccccc1Nc1[nH+]c(-c2ccc(C)cc2)cs1. The number of ether oxygens (including phenoxy) is 1. The van der Waals surface area contributed by atoms with Crippen LogP contribution in [0.25, 0.3) is 11.3 Å². The van der Waals surface area contributed by atoms with Crippen LogP contribution in [0.4, 0.5) is 10.8 Å². The van der Waals surface area contributed by atoms with Gasteiger partial charge in [-0.3, -0.25) is 0 Å². The number of H-pyrrole nitrogens is 1. The Labute approximate surface area is 128 Å². The third-order valence-corrected chi connectivity index (χ3v) is 4.05. The van der Waals surface area contributed by atoms with Crippen molar-refractivity contribution < 1.29 is 9.72 Å². The van der Waals surface area contributed by atoms with E-state index in [1.807, 2.05) is 24.3 Å². The van der Waals surface area contributed by atoms with E-state index in [2.05, 4.69) is 46.9 Å². The van der Waals surface area contributed by atoms with Gasteiger partial charge in [0.2, 0.25) is 0 Å². The van der Waals surface area contributed by atoms with Crippen molar-refractivity contribution in [1.29, 1.82) is 0 Å². The Balaban J connectivity index is 1.83. The Bertz CT molecular complexity index is 735. The van der Waals surface area contributed by atoms with E-state index in [0.29, 0.717) is 0 Å². The van der Waals surface area contributed by atoms with Crippen LogP contribution in [0.1, 0.15) is 5.56 Å². The van der Waals surface area contributed by atoms with E-state index < -0.39 is 0 Å². The van der Waals surface area contributed by atoms with Gasteiger partial charge in [-0.05, 0) is 19.1 Å². The van der Waals surface area contributed by atoms with Crippen molar-refractivity contribution in [3.8, 4) is 17.0 Å². The first-order valence-electron chi connectivity index (χ1n) is 6.74. The molecule has 3 rings (SSSR count). The molecule has 106 valence electrons. The van der Waals surface area contributed by atoms with Gasteiger partial charge in [-0.2, -0.15) is 0 Å². The summed E-state index contributed by atoms with van der Waals surface area (Å²) in [4.78, 5) is 3.40. The maximum Gasteiger partial charge on any atom is 0.337 e. The number of rotatable bonds is 4. The van der Waals surface area contributed by atoms with Gasteiger partial charge in [0.05, 0.1) is 7.11 Å². The standard InChI is InChI=1S/C17H16N2OS/c1-12-7-9-13(10-8-12)15-11-21-17(19-15)18-14-5-3-4-6-16(14)20-2/h3-11H,1-2H3,(H,18,19)/p+1. The molecule has 0 radical (unpaired) electrons. The number of hydrogen-bond acceptors (Lipinski definition) is 3. The second-order valence-corrected chi connectivity index (χ2v) is 5.67. The van der Waals surface area contributed by atoms with E-state index >= 15 is 0 Å². The summed E-state index contributed by atoms with van der Waals surface area (Å²) in [5, 5.41) is 6.46. The Kier molecular flexibility index (Phi) is 3.88. The molecular weight excluding hydrogens is 280 g/mol. The lowest BCUT2D eigenvalue weighted by Gasteiger charge is -2.03. The first-order valence-corrected chi connectivity index (χ1v) is 7.62. The van der Waals surface area contributed by atoms with E-state index in [1.165, 1.54) is 11.1 Å². The summed E-state index contributed by atoms with van der Waals surface area (Å²) in [6, 6.07) is 16.4. The Morgan fingerprint density at radius 3 is 2.57 bits per heavy atom. The summed E-state index contributed by atoms with van der Waals surface area (Å²) in [7, 11) is 1.68. The van der Waals surface area contributed by atoms with Gasteiger partial charge in [0, 0.05) is 10.9 Å². The summed E-state index contributed by atoms with van der Waals surface area (Å²) in [5.74, 6) is 0.830. The van der Waals surface area contributed by atoms with Gasteiger partial charge < -0.3 is 4.74 Å². The molecule has 2 N–H and O–H groups in total. The zero-order valence-corrected chi connectivity index (χ0v) is 12.8. The molecule has 3 nitrogen and oxygen atoms in total. The van der Waals surface area contributed by atoms with Crippen LogP contribution < -0.4 is 15.0 Å². The predicted molar refractivity (Wildman–Crippen MR) is 87.3 cm³/mol. The van der Waals surface area contributed by atoms with E-state index in [-0.39, 0.29) is 0 Å². The number of para-hydroxylation sites is 2. The molecule has 0 amide bonds. The van der Waals surface area contributed by atoms with Gasteiger partial charge in [-0.15, -0.1) is 0 Å². The van der Waals surface area contributed by atoms with E-state index in [4.69, 9.17) is 4.74 Å². The fourth-order valence-electron chi connectivity index (χ4n) is 2.10. The lowest BCUT2D eigenvalue weighted by Crippen LogP contribution is -2.07. The number of aromatic nitrogens is 1. The number of thiazole rings is 1. The minimum absolute atomic E-state index is 0.830. The van der Waals surface area contributed by atoms with Crippen LogP contribution in [-0.4, -0.2) is 7.11 Å². The molecule has 21 heavy (non-hydrogen) atoms. The number of aryl methyl sites for hydroxylation is 1. The van der Waals surface area contributed by atoms with E-state index in [0.717, 1.165) is 22.3 Å². The molecule has 0 saturated heterocycles. The molecule has 4 heteroatoms. The summed E-state index contributed by atoms with van der Waals surface area (Å²) in [6.45, 7) is 2.09. The number of hydrogen-bond donors (Lipinski definition) is 1. The Hall–Kier alpha value is -2.33. The van der Waals surface area contributed by atoms with Crippen LogP contribution in [-0.2, 0) is 0 Å². The number of methoxy groups -OCH3 is 1. The Morgan fingerprint density at radius 2 is 1.81 bits per heavy atom. The average molecular weight is 297 g/mol. The number of anilines is 2. The molecular formula is C17H17N2OS+. The highest BCUT2D eigenvalue weighted by atomic mass is 32.1. The molecule has 1 heterocycles. The zero-order chi connectivity index (χ0) is 14.7. The monoisotopic (exact) mass is 297 g/mol. The lowest BCUT2D eigenvalue weighted by atomic mass is 10.1. The third kappa shape index (κ3) is 3.06. The molecule has 0 spiro atoms. The van der Waals surface area contributed by atoms with E-state index in [1.54, 1.807) is 18.4 Å². The van der Waals surface area contributed by atoms with Gasteiger partial charge in [-0.25, -0.2) is 10.3 Å². The highest BCUT2D eigenvalue weighted by molar-refractivity contribution is 7.13. The molecule has 0 bridgehead atoms. The highest BCUT2D eigenvalue weighted by Gasteiger charge is 2.13. The molecule has 1 aromatic heterocycles. The maximum absolute atomic E-state index is 5.35. The molecule has 3 aromatic rings. The van der Waals surface area contributed by atoms with Crippen molar-refractivity contribution in [3.05, 3.63) is 59.5 Å². The number of nitrogens with one attached hydrogen (secondary N) is 2. The van der Waals surface area contributed by atoms with Crippen molar-refractivity contribution in [1.82, 2.24) is 0 Å². The second-order valence-electron chi connectivity index (χ2n) is 4.79. The molecule has 2 aromatic carbocycles. The maximum atomic E-state index is 5.35. The topological polar surface area (TPSA) is 35.4 Å². The molecule has 0 fully saturated rings. The normalized spacial score (nSPS) is 10.4. The smallest absolute Gasteiger partial charge is 0.337 e. The van der Waals surface area contributed by atoms with Gasteiger partial charge >= 0.3 is 5.13 Å². The molecule has 0 atom stereocenters. The van der Waals surface area contributed by atoms with Crippen molar-refractivity contribution in [2.45, 2.75) is 6.92 Å². The van der Waals surface area contributed by atoms with E-state index in [9.17, 15) is 0 Å². The fraction of sp³-hybridized carbons (Fsp3) is 0.118. The largest absolute Gasteiger partial charge is 0.492 e. The summed E-state index contributed by atoms with van der Waals surface area (Å²) < 4.78 is 5.35. The minimum atomic E-state index is 0.830. The lowest BCUT2D eigenvalue weighted by molar-refractivity contribution is -0.340. The quantitative estimate of drug-likeness (QED) is 0.779. The zero-order valence-electron chi connectivity index (χ0n) is 12.0. The fourth-order valence-corrected chi connectivity index (χ4v) is 2.87. The van der Waals surface area contributed by atoms with Crippen molar-refractivity contribution in [2.24, 2.45) is 0 Å². The highest BCUT2D eigenvalue weighted by Crippen LogP contribution is 2.28. The summed E-state index contributed by atoms with van der Waals surface area (Å²) >= 11 is 1.64. The number of benzene rings is 2. The van der Waals surface area contributed by atoms with Gasteiger partial charge in [0.15, 0.2) is 11.4 Å². The van der Waals surface area contributed by atoms with Crippen LogP contribution in [0.3, 0.4) is 0 Å². The third-order valence-electron chi connectivity index (χ3n) is 3.26. The average Bonchev–Trinajstić information content (AvgIpc) is 2.97. The predicted octanol–water partition coefficient (Wildman–Crippen LogP) is 4.29. The summed E-state index contributed by atoms with van der Waals surface area (Å²) in [6.07, 6.45) is 0. The van der Waals surface area contributed by atoms with Crippen LogP contribution in [0, 0.1) is 6.92 Å². The van der Waals surface area contributed by atoms with Crippen molar-refractivity contribution in [2.75, 3.05) is 12.4 Å². The number of aromatic amines is 1. The minimum Gasteiger partial charge on any atom is -0.492 e. The van der Waals surface area contributed by atoms with Crippen LogP contribution in [0.5, 0.6) is 5.75 Å². The van der Waals surface area contributed by atoms with Gasteiger partial charge in [-0.1, -0.05) is 53.3 Å². The molecule has 0 aliphatic rings.